The Morgan fingerprint density at radius 3 is 2.91 bits per heavy atom. The Hall–Kier alpha value is -1.48. The average Bonchev–Trinajstić information content (AvgIpc) is 3.07. The van der Waals surface area contributed by atoms with Crippen LogP contribution in [0, 0.1) is 0 Å². The molecule has 0 bridgehead atoms. The van der Waals surface area contributed by atoms with E-state index in [0.717, 1.165) is 9.88 Å². The van der Waals surface area contributed by atoms with Gasteiger partial charge in [0.15, 0.2) is 0 Å². The highest BCUT2D eigenvalue weighted by Gasteiger charge is 2.10. The maximum atomic E-state index is 11.7. The van der Waals surface area contributed by atoms with Crippen LogP contribution in [0.5, 0.6) is 0 Å². The summed E-state index contributed by atoms with van der Waals surface area (Å²) in [7, 11) is 0. The van der Waals surface area contributed by atoms with Gasteiger partial charge in [0.1, 0.15) is 11.6 Å². The molecule has 2 aromatic rings. The van der Waals surface area contributed by atoms with Gasteiger partial charge >= 0.3 is 5.97 Å². The van der Waals surface area contributed by atoms with Crippen molar-refractivity contribution in [3.05, 3.63) is 27.5 Å². The zero-order valence-corrected chi connectivity index (χ0v) is 13.8. The van der Waals surface area contributed by atoms with Gasteiger partial charge in [0.2, 0.25) is 5.91 Å². The number of halogens is 1. The quantitative estimate of drug-likeness (QED) is 0.705. The number of carboxylic acid groups (broad SMARTS) is 1. The van der Waals surface area contributed by atoms with Crippen molar-refractivity contribution in [2.75, 3.05) is 19.8 Å². The molecule has 0 radical (unpaired) electrons. The van der Waals surface area contributed by atoms with Crippen LogP contribution in [-0.4, -0.2) is 41.7 Å². The maximum Gasteiger partial charge on any atom is 0.329 e. The highest BCUT2D eigenvalue weighted by molar-refractivity contribution is 7.23. The highest BCUT2D eigenvalue weighted by atomic mass is 35.5. The van der Waals surface area contributed by atoms with Crippen molar-refractivity contribution in [2.24, 2.45) is 0 Å². The van der Waals surface area contributed by atoms with Crippen molar-refractivity contribution < 1.29 is 19.4 Å². The second-order valence-electron chi connectivity index (χ2n) is 4.22. The lowest BCUT2D eigenvalue weighted by molar-refractivity contribution is -0.142. The van der Waals surface area contributed by atoms with Crippen LogP contribution in [0.1, 0.15) is 5.69 Å². The van der Waals surface area contributed by atoms with Crippen molar-refractivity contribution in [3.63, 3.8) is 0 Å². The SMILES string of the molecule is O=C(O)COCCNC(=O)Cc1csc(-c2ccc(Cl)s2)n1. The summed E-state index contributed by atoms with van der Waals surface area (Å²) in [5, 5.41) is 13.7. The molecule has 0 fully saturated rings. The van der Waals surface area contributed by atoms with E-state index in [1.165, 1.54) is 22.7 Å². The first-order valence-electron chi connectivity index (χ1n) is 6.31. The molecule has 22 heavy (non-hydrogen) atoms. The summed E-state index contributed by atoms with van der Waals surface area (Å²) in [6, 6.07) is 3.71. The number of aliphatic carboxylic acids is 1. The van der Waals surface area contributed by atoms with Crippen LogP contribution in [0.3, 0.4) is 0 Å². The van der Waals surface area contributed by atoms with E-state index in [9.17, 15) is 9.59 Å². The number of aromatic nitrogens is 1. The summed E-state index contributed by atoms with van der Waals surface area (Å²) >= 11 is 8.79. The van der Waals surface area contributed by atoms with E-state index in [2.05, 4.69) is 10.3 Å². The average molecular weight is 361 g/mol. The van der Waals surface area contributed by atoms with Crippen molar-refractivity contribution in [2.45, 2.75) is 6.42 Å². The molecule has 0 saturated carbocycles. The summed E-state index contributed by atoms with van der Waals surface area (Å²) in [6.45, 7) is 0.0619. The van der Waals surface area contributed by atoms with Crippen LogP contribution in [0.25, 0.3) is 9.88 Å². The number of hydrogen-bond acceptors (Lipinski definition) is 6. The molecule has 118 valence electrons. The van der Waals surface area contributed by atoms with Gasteiger partial charge in [-0.05, 0) is 12.1 Å². The van der Waals surface area contributed by atoms with Gasteiger partial charge < -0.3 is 15.2 Å². The van der Waals surface area contributed by atoms with Gasteiger partial charge in [0.25, 0.3) is 0 Å². The van der Waals surface area contributed by atoms with Crippen LogP contribution < -0.4 is 5.32 Å². The number of nitrogens with zero attached hydrogens (tertiary/aromatic N) is 1. The molecule has 0 saturated heterocycles. The predicted molar refractivity (Wildman–Crippen MR) is 85.6 cm³/mol. The lowest BCUT2D eigenvalue weighted by Gasteiger charge is -2.03. The Bertz CT molecular complexity index is 656. The smallest absolute Gasteiger partial charge is 0.329 e. The third-order valence-corrected chi connectivity index (χ3v) is 4.76. The minimum atomic E-state index is -1.03. The number of hydrogen-bond donors (Lipinski definition) is 2. The van der Waals surface area contributed by atoms with E-state index in [0.29, 0.717) is 10.0 Å². The van der Waals surface area contributed by atoms with E-state index < -0.39 is 5.97 Å². The van der Waals surface area contributed by atoms with Gasteiger partial charge in [-0.25, -0.2) is 9.78 Å². The fraction of sp³-hybridized carbons (Fsp3) is 0.308. The molecule has 0 atom stereocenters. The lowest BCUT2D eigenvalue weighted by atomic mass is 10.3. The molecule has 2 aromatic heterocycles. The van der Waals surface area contributed by atoms with Crippen molar-refractivity contribution in [1.29, 1.82) is 0 Å². The first-order chi connectivity index (χ1) is 10.5. The Morgan fingerprint density at radius 2 is 2.23 bits per heavy atom. The topological polar surface area (TPSA) is 88.5 Å². The molecule has 2 heterocycles. The fourth-order valence-corrected chi connectivity index (χ4v) is 3.51. The van der Waals surface area contributed by atoms with Gasteiger partial charge in [0.05, 0.1) is 27.9 Å². The van der Waals surface area contributed by atoms with Gasteiger partial charge in [-0.1, -0.05) is 11.6 Å². The molecule has 2 rings (SSSR count). The monoisotopic (exact) mass is 360 g/mol. The van der Waals surface area contributed by atoms with E-state index >= 15 is 0 Å². The lowest BCUT2D eigenvalue weighted by Crippen LogP contribution is -2.29. The van der Waals surface area contributed by atoms with E-state index in [1.54, 1.807) is 0 Å². The van der Waals surface area contributed by atoms with Crippen LogP contribution in [0.4, 0.5) is 0 Å². The summed E-state index contributed by atoms with van der Waals surface area (Å²) in [6.07, 6.45) is 0.175. The van der Waals surface area contributed by atoms with E-state index in [1.807, 2.05) is 17.5 Å². The molecule has 9 heteroatoms. The van der Waals surface area contributed by atoms with E-state index in [-0.39, 0.29) is 32.1 Å². The van der Waals surface area contributed by atoms with E-state index in [4.69, 9.17) is 21.4 Å². The van der Waals surface area contributed by atoms with Crippen LogP contribution in [0.2, 0.25) is 4.34 Å². The van der Waals surface area contributed by atoms with Crippen LogP contribution in [-0.2, 0) is 20.7 Å². The van der Waals surface area contributed by atoms with Gasteiger partial charge in [-0.15, -0.1) is 22.7 Å². The van der Waals surface area contributed by atoms with Crippen molar-refractivity contribution in [3.8, 4) is 9.88 Å². The summed E-state index contributed by atoms with van der Waals surface area (Å²) in [4.78, 5) is 27.3. The molecule has 0 aromatic carbocycles. The van der Waals surface area contributed by atoms with Crippen LogP contribution >= 0.6 is 34.3 Å². The summed E-state index contributed by atoms with van der Waals surface area (Å²) in [5.41, 5.74) is 0.688. The van der Waals surface area contributed by atoms with Gasteiger partial charge in [0, 0.05) is 11.9 Å². The van der Waals surface area contributed by atoms with Crippen LogP contribution in [0.15, 0.2) is 17.5 Å². The Kier molecular flexibility index (Phi) is 6.32. The first-order valence-corrected chi connectivity index (χ1v) is 8.38. The number of amides is 1. The number of thiophene rings is 1. The van der Waals surface area contributed by atoms with Gasteiger partial charge in [-0.2, -0.15) is 0 Å². The highest BCUT2D eigenvalue weighted by Crippen LogP contribution is 2.32. The zero-order valence-electron chi connectivity index (χ0n) is 11.4. The number of rotatable bonds is 8. The number of thiazole rings is 1. The number of carbonyl (C=O) groups excluding carboxylic acids is 1. The normalized spacial score (nSPS) is 10.6. The Balaban J connectivity index is 1.75. The minimum absolute atomic E-state index is 0.161. The molecule has 1 amide bonds. The molecule has 6 nitrogen and oxygen atoms in total. The molecular weight excluding hydrogens is 348 g/mol. The van der Waals surface area contributed by atoms with Crippen molar-refractivity contribution in [1.82, 2.24) is 10.3 Å². The second kappa shape index (κ2) is 8.23. The molecular formula is C13H13ClN2O4S2. The molecule has 0 aliphatic carbocycles. The largest absolute Gasteiger partial charge is 0.480 e. The number of carboxylic acids is 1. The minimum Gasteiger partial charge on any atom is -0.480 e. The molecule has 0 aliphatic rings. The van der Waals surface area contributed by atoms with Gasteiger partial charge in [-0.3, -0.25) is 4.79 Å². The maximum absolute atomic E-state index is 11.7. The Labute approximate surface area is 139 Å². The second-order valence-corrected chi connectivity index (χ2v) is 6.79. The molecule has 0 unspecified atom stereocenters. The first kappa shape index (κ1) is 16.9. The molecule has 2 N–H and O–H groups in total. The molecule has 0 aliphatic heterocycles. The number of ether oxygens (including phenoxy) is 1. The number of carbonyl (C=O) groups is 2. The number of nitrogens with one attached hydrogen (secondary N) is 1. The predicted octanol–water partition coefficient (Wildman–Crippen LogP) is 2.28. The zero-order chi connectivity index (χ0) is 15.9. The fourth-order valence-electron chi connectivity index (χ4n) is 1.58. The Morgan fingerprint density at radius 1 is 1.41 bits per heavy atom. The standard InChI is InChI=1S/C13H13ClN2O4S2/c14-10-2-1-9(22-10)13-16-8(7-21-13)5-11(17)15-3-4-20-6-12(18)19/h1-2,7H,3-6H2,(H,15,17)(H,18,19). The summed E-state index contributed by atoms with van der Waals surface area (Å²) < 4.78 is 5.52. The van der Waals surface area contributed by atoms with Crippen molar-refractivity contribution >= 4 is 46.2 Å². The third kappa shape index (κ3) is 5.38. The summed E-state index contributed by atoms with van der Waals surface area (Å²) in [5.74, 6) is -1.21. The third-order valence-electron chi connectivity index (χ3n) is 2.47. The molecule has 0 spiro atoms.